The van der Waals surface area contributed by atoms with Gasteiger partial charge in [-0.1, -0.05) is 33.1 Å². The van der Waals surface area contributed by atoms with Crippen molar-refractivity contribution in [3.8, 4) is 0 Å². The van der Waals surface area contributed by atoms with Gasteiger partial charge in [-0.3, -0.25) is 4.90 Å². The Bertz CT molecular complexity index is 259. The zero-order chi connectivity index (χ0) is 15.7. The minimum absolute atomic E-state index is 0.518. The van der Waals surface area contributed by atoms with Crippen molar-refractivity contribution >= 4 is 0 Å². The first-order chi connectivity index (χ1) is 10.0. The fraction of sp³-hybridized carbons (Fsp3) is 1.00. The topological polar surface area (TPSA) is 18.5 Å². The van der Waals surface area contributed by atoms with Gasteiger partial charge >= 0.3 is 0 Å². The molecule has 0 saturated heterocycles. The maximum atomic E-state index is 3.72. The molecule has 1 fully saturated rings. The smallest absolute Gasteiger partial charge is 0.0194 e. The van der Waals surface area contributed by atoms with Crippen molar-refractivity contribution in [2.45, 2.75) is 65.3 Å². The summed E-state index contributed by atoms with van der Waals surface area (Å²) >= 11 is 0. The van der Waals surface area contributed by atoms with Crippen LogP contribution in [0.3, 0.4) is 0 Å². The maximum Gasteiger partial charge on any atom is 0.0194 e. The fourth-order valence-electron chi connectivity index (χ4n) is 3.88. The molecule has 0 radical (unpaired) electrons. The summed E-state index contributed by atoms with van der Waals surface area (Å²) in [6.07, 6.45) is 8.35. The standard InChI is InChI=1S/C18H39N3/c1-6-13-19-15-18(11-9-8-10-12-18)16-21(7-2)17(3)14-20(4)5/h17,19H,6-16H2,1-5H3. The minimum Gasteiger partial charge on any atom is -0.316 e. The highest BCUT2D eigenvalue weighted by Crippen LogP contribution is 2.37. The Hall–Kier alpha value is -0.120. The number of hydrogen-bond acceptors (Lipinski definition) is 3. The molecule has 0 spiro atoms. The highest BCUT2D eigenvalue weighted by Gasteiger charge is 2.34. The molecule has 0 aromatic rings. The molecule has 1 saturated carbocycles. The van der Waals surface area contributed by atoms with E-state index in [0.29, 0.717) is 11.5 Å². The van der Waals surface area contributed by atoms with E-state index in [1.807, 2.05) is 0 Å². The van der Waals surface area contributed by atoms with Crippen LogP contribution in [0.25, 0.3) is 0 Å². The van der Waals surface area contributed by atoms with Crippen LogP contribution in [0.5, 0.6) is 0 Å². The van der Waals surface area contributed by atoms with Crippen molar-refractivity contribution in [2.75, 3.05) is 46.8 Å². The first kappa shape index (κ1) is 18.9. The zero-order valence-corrected chi connectivity index (χ0v) is 15.2. The lowest BCUT2D eigenvalue weighted by Gasteiger charge is -2.43. The van der Waals surface area contributed by atoms with Crippen LogP contribution in [-0.2, 0) is 0 Å². The van der Waals surface area contributed by atoms with E-state index in [-0.39, 0.29) is 0 Å². The number of nitrogens with zero attached hydrogens (tertiary/aromatic N) is 2. The predicted octanol–water partition coefficient (Wildman–Crippen LogP) is 3.21. The summed E-state index contributed by atoms with van der Waals surface area (Å²) in [5.41, 5.74) is 0.518. The van der Waals surface area contributed by atoms with E-state index in [0.717, 1.165) is 6.54 Å². The molecule has 0 aliphatic heterocycles. The van der Waals surface area contributed by atoms with E-state index in [1.165, 1.54) is 64.7 Å². The second-order valence-electron chi connectivity index (χ2n) is 7.41. The molecule has 0 aromatic carbocycles. The van der Waals surface area contributed by atoms with Gasteiger partial charge in [-0.15, -0.1) is 0 Å². The molecular weight excluding hydrogens is 258 g/mol. The van der Waals surface area contributed by atoms with Crippen molar-refractivity contribution in [1.29, 1.82) is 0 Å². The third kappa shape index (κ3) is 6.66. The third-order valence-corrected chi connectivity index (χ3v) is 5.04. The molecule has 0 heterocycles. The molecule has 1 atom stereocenters. The second-order valence-corrected chi connectivity index (χ2v) is 7.41. The van der Waals surface area contributed by atoms with Crippen LogP contribution in [0.15, 0.2) is 0 Å². The van der Waals surface area contributed by atoms with Gasteiger partial charge < -0.3 is 10.2 Å². The first-order valence-corrected chi connectivity index (χ1v) is 9.12. The fourth-order valence-corrected chi connectivity index (χ4v) is 3.88. The van der Waals surface area contributed by atoms with Gasteiger partial charge in [0.15, 0.2) is 0 Å². The molecule has 126 valence electrons. The van der Waals surface area contributed by atoms with Crippen molar-refractivity contribution in [1.82, 2.24) is 15.1 Å². The van der Waals surface area contributed by atoms with E-state index < -0.39 is 0 Å². The van der Waals surface area contributed by atoms with Crippen LogP contribution in [-0.4, -0.2) is 62.7 Å². The average Bonchev–Trinajstić information content (AvgIpc) is 2.45. The van der Waals surface area contributed by atoms with E-state index in [2.05, 4.69) is 50.0 Å². The van der Waals surface area contributed by atoms with Crippen molar-refractivity contribution in [3.63, 3.8) is 0 Å². The summed E-state index contributed by atoms with van der Waals surface area (Å²) in [6, 6.07) is 0.648. The van der Waals surface area contributed by atoms with Crippen LogP contribution in [0.1, 0.15) is 59.3 Å². The van der Waals surface area contributed by atoms with E-state index in [1.54, 1.807) is 0 Å². The average molecular weight is 298 g/mol. The molecule has 21 heavy (non-hydrogen) atoms. The second kappa shape index (κ2) is 9.81. The quantitative estimate of drug-likeness (QED) is 0.625. The van der Waals surface area contributed by atoms with Gasteiger partial charge in [-0.05, 0) is 58.8 Å². The van der Waals surface area contributed by atoms with Gasteiger partial charge in [0.1, 0.15) is 0 Å². The van der Waals surface area contributed by atoms with Gasteiger partial charge in [0.05, 0.1) is 0 Å². The largest absolute Gasteiger partial charge is 0.316 e. The molecule has 0 aromatic heterocycles. The summed E-state index contributed by atoms with van der Waals surface area (Å²) in [6.45, 7) is 13.0. The lowest BCUT2D eigenvalue weighted by molar-refractivity contribution is 0.0741. The highest BCUT2D eigenvalue weighted by atomic mass is 15.2. The summed E-state index contributed by atoms with van der Waals surface area (Å²) in [5, 5.41) is 3.72. The van der Waals surface area contributed by atoms with Crippen molar-refractivity contribution in [3.05, 3.63) is 0 Å². The van der Waals surface area contributed by atoms with Crippen LogP contribution >= 0.6 is 0 Å². The lowest BCUT2D eigenvalue weighted by atomic mass is 9.73. The summed E-state index contributed by atoms with van der Waals surface area (Å²) in [5.74, 6) is 0. The van der Waals surface area contributed by atoms with Gasteiger partial charge in [0, 0.05) is 25.7 Å². The number of hydrogen-bond donors (Lipinski definition) is 1. The molecular formula is C18H39N3. The normalized spacial score (nSPS) is 20.1. The Morgan fingerprint density at radius 2 is 1.76 bits per heavy atom. The Morgan fingerprint density at radius 3 is 2.29 bits per heavy atom. The summed E-state index contributed by atoms with van der Waals surface area (Å²) in [7, 11) is 4.37. The molecule has 3 heteroatoms. The molecule has 1 aliphatic carbocycles. The Kier molecular flexibility index (Phi) is 8.84. The SMILES string of the molecule is CCCNCC1(CN(CC)C(C)CN(C)C)CCCCC1. The molecule has 0 bridgehead atoms. The molecule has 3 nitrogen and oxygen atoms in total. The minimum atomic E-state index is 0.518. The van der Waals surface area contributed by atoms with Crippen LogP contribution < -0.4 is 5.32 Å². The first-order valence-electron chi connectivity index (χ1n) is 9.12. The Labute approximate surface area is 133 Å². The van der Waals surface area contributed by atoms with E-state index in [9.17, 15) is 0 Å². The van der Waals surface area contributed by atoms with E-state index >= 15 is 0 Å². The van der Waals surface area contributed by atoms with Gasteiger partial charge in [-0.2, -0.15) is 0 Å². The Morgan fingerprint density at radius 1 is 1.10 bits per heavy atom. The van der Waals surface area contributed by atoms with Crippen LogP contribution in [0, 0.1) is 5.41 Å². The van der Waals surface area contributed by atoms with Crippen LogP contribution in [0.2, 0.25) is 0 Å². The third-order valence-electron chi connectivity index (χ3n) is 5.04. The number of likely N-dealkylation sites (N-methyl/N-ethyl adjacent to an activating group) is 2. The van der Waals surface area contributed by atoms with E-state index in [4.69, 9.17) is 0 Å². The van der Waals surface area contributed by atoms with Crippen molar-refractivity contribution < 1.29 is 0 Å². The molecule has 1 N–H and O–H groups in total. The monoisotopic (exact) mass is 297 g/mol. The molecule has 1 rings (SSSR count). The van der Waals surface area contributed by atoms with Gasteiger partial charge in [0.2, 0.25) is 0 Å². The van der Waals surface area contributed by atoms with Crippen molar-refractivity contribution in [2.24, 2.45) is 5.41 Å². The number of rotatable bonds is 10. The highest BCUT2D eigenvalue weighted by molar-refractivity contribution is 4.89. The summed E-state index contributed by atoms with van der Waals surface area (Å²) < 4.78 is 0. The zero-order valence-electron chi connectivity index (χ0n) is 15.2. The van der Waals surface area contributed by atoms with Gasteiger partial charge in [-0.25, -0.2) is 0 Å². The van der Waals surface area contributed by atoms with Crippen LogP contribution in [0.4, 0.5) is 0 Å². The lowest BCUT2D eigenvalue weighted by Crippen LogP contribution is -2.50. The summed E-state index contributed by atoms with van der Waals surface area (Å²) in [4.78, 5) is 5.02. The van der Waals surface area contributed by atoms with Gasteiger partial charge in [0.25, 0.3) is 0 Å². The maximum absolute atomic E-state index is 3.72. The molecule has 1 unspecified atom stereocenters. The number of nitrogens with one attached hydrogen (secondary N) is 1. The predicted molar refractivity (Wildman–Crippen MR) is 93.9 cm³/mol. The molecule has 0 amide bonds. The Balaban J connectivity index is 2.63. The molecule has 1 aliphatic rings.